The van der Waals surface area contributed by atoms with Crippen LogP contribution in [0.3, 0.4) is 0 Å². The van der Waals surface area contributed by atoms with Gasteiger partial charge in [0.2, 0.25) is 0 Å². The minimum atomic E-state index is -3.72. The fourth-order valence-electron chi connectivity index (χ4n) is 3.63. The van der Waals surface area contributed by atoms with Crippen LogP contribution in [0.4, 0.5) is 11.4 Å². The molecule has 1 aliphatic heterocycles. The molecule has 5 nitrogen and oxygen atoms in total. The van der Waals surface area contributed by atoms with Crippen LogP contribution in [0.15, 0.2) is 77.7 Å². The van der Waals surface area contributed by atoms with Gasteiger partial charge in [-0.05, 0) is 68.3 Å². The van der Waals surface area contributed by atoms with Gasteiger partial charge in [-0.25, -0.2) is 8.42 Å². The van der Waals surface area contributed by atoms with Crippen LogP contribution in [-0.4, -0.2) is 20.4 Å². The fourth-order valence-corrected chi connectivity index (χ4v) is 4.69. The first-order valence-corrected chi connectivity index (χ1v) is 10.9. The Balaban J connectivity index is 1.56. The lowest BCUT2D eigenvalue weighted by atomic mass is 10.1. The number of sulfonamides is 1. The van der Waals surface area contributed by atoms with E-state index in [-0.39, 0.29) is 16.8 Å². The summed E-state index contributed by atoms with van der Waals surface area (Å²) in [5.74, 6) is -0.127. The predicted molar refractivity (Wildman–Crippen MR) is 115 cm³/mol. The topological polar surface area (TPSA) is 66.5 Å². The number of amides is 1. The van der Waals surface area contributed by atoms with Gasteiger partial charge in [-0.3, -0.25) is 9.52 Å². The molecule has 0 spiro atoms. The lowest BCUT2D eigenvalue weighted by Gasteiger charge is -2.23. The number of nitrogens with one attached hydrogen (secondary N) is 1. The predicted octanol–water partition coefficient (Wildman–Crippen LogP) is 4.39. The van der Waals surface area contributed by atoms with Gasteiger partial charge < -0.3 is 4.90 Å². The molecule has 0 fully saturated rings. The van der Waals surface area contributed by atoms with Crippen molar-refractivity contribution in [2.45, 2.75) is 31.2 Å². The highest BCUT2D eigenvalue weighted by Gasteiger charge is 2.31. The summed E-state index contributed by atoms with van der Waals surface area (Å²) in [5, 5.41) is 0. The van der Waals surface area contributed by atoms with Crippen molar-refractivity contribution in [2.75, 3.05) is 9.62 Å². The molecule has 0 saturated heterocycles. The largest absolute Gasteiger partial charge is 0.305 e. The number of nitrogens with zero attached hydrogens (tertiary/aromatic N) is 1. The molecule has 0 radical (unpaired) electrons. The lowest BCUT2D eigenvalue weighted by molar-refractivity contribution is 0.0981. The summed E-state index contributed by atoms with van der Waals surface area (Å²) in [7, 11) is -3.72. The van der Waals surface area contributed by atoms with Gasteiger partial charge in [0.05, 0.1) is 4.90 Å². The Morgan fingerprint density at radius 2 is 1.62 bits per heavy atom. The Morgan fingerprint density at radius 3 is 2.31 bits per heavy atom. The van der Waals surface area contributed by atoms with E-state index in [1.165, 1.54) is 12.1 Å². The highest BCUT2D eigenvalue weighted by molar-refractivity contribution is 7.92. The summed E-state index contributed by atoms with van der Waals surface area (Å²) >= 11 is 0. The monoisotopic (exact) mass is 406 g/mol. The molecular weight excluding hydrogens is 384 g/mol. The first-order valence-electron chi connectivity index (χ1n) is 9.46. The Labute approximate surface area is 171 Å². The Morgan fingerprint density at radius 1 is 0.966 bits per heavy atom. The van der Waals surface area contributed by atoms with E-state index in [4.69, 9.17) is 0 Å². The number of fused-ring (bicyclic) bond motifs is 1. The van der Waals surface area contributed by atoms with Gasteiger partial charge in [0.15, 0.2) is 0 Å². The van der Waals surface area contributed by atoms with Gasteiger partial charge in [-0.1, -0.05) is 35.9 Å². The van der Waals surface area contributed by atoms with Gasteiger partial charge in [-0.2, -0.15) is 0 Å². The van der Waals surface area contributed by atoms with E-state index in [1.54, 1.807) is 29.2 Å². The smallest absolute Gasteiger partial charge is 0.261 e. The van der Waals surface area contributed by atoms with Crippen LogP contribution in [-0.2, 0) is 16.4 Å². The van der Waals surface area contributed by atoms with Crippen molar-refractivity contribution < 1.29 is 13.2 Å². The summed E-state index contributed by atoms with van der Waals surface area (Å²) < 4.78 is 27.8. The number of hydrogen-bond acceptors (Lipinski definition) is 3. The number of rotatable bonds is 4. The molecule has 3 aromatic rings. The zero-order chi connectivity index (χ0) is 20.6. The van der Waals surface area contributed by atoms with Crippen LogP contribution in [0.5, 0.6) is 0 Å². The second kappa shape index (κ2) is 7.37. The molecule has 4 rings (SSSR count). The van der Waals surface area contributed by atoms with E-state index in [0.717, 1.165) is 23.2 Å². The lowest BCUT2D eigenvalue weighted by Crippen LogP contribution is -2.35. The standard InChI is InChI=1S/C23H22N2O3S/c1-16-7-11-20(12-8-16)24-29(27,28)21-13-9-18(10-14-21)23(26)25-17(2)15-19-5-3-4-6-22(19)25/h3-14,17,24H,15H2,1-2H3. The second-order valence-electron chi connectivity index (χ2n) is 7.35. The summed E-state index contributed by atoms with van der Waals surface area (Å²) in [6.45, 7) is 3.95. The molecule has 1 unspecified atom stereocenters. The molecule has 6 heteroatoms. The molecule has 148 valence electrons. The van der Waals surface area contributed by atoms with Crippen LogP contribution in [0, 0.1) is 6.92 Å². The third kappa shape index (κ3) is 3.76. The zero-order valence-electron chi connectivity index (χ0n) is 16.3. The number of para-hydroxylation sites is 1. The van der Waals surface area contributed by atoms with Gasteiger partial charge in [0.1, 0.15) is 0 Å². The van der Waals surface area contributed by atoms with E-state index in [1.807, 2.05) is 50.2 Å². The van der Waals surface area contributed by atoms with E-state index in [9.17, 15) is 13.2 Å². The summed E-state index contributed by atoms with van der Waals surface area (Å²) in [6.07, 6.45) is 0.814. The van der Waals surface area contributed by atoms with Crippen LogP contribution in [0.1, 0.15) is 28.4 Å². The molecule has 29 heavy (non-hydrogen) atoms. The molecule has 0 aromatic heterocycles. The SMILES string of the molecule is Cc1ccc(NS(=O)(=O)c2ccc(C(=O)N3c4ccccc4CC3C)cc2)cc1. The minimum absolute atomic E-state index is 0.0616. The first-order chi connectivity index (χ1) is 13.8. The number of hydrogen-bond donors (Lipinski definition) is 1. The number of benzene rings is 3. The third-order valence-electron chi connectivity index (χ3n) is 5.14. The quantitative estimate of drug-likeness (QED) is 0.699. The highest BCUT2D eigenvalue weighted by atomic mass is 32.2. The van der Waals surface area contributed by atoms with E-state index in [2.05, 4.69) is 4.72 Å². The molecule has 1 amide bonds. The van der Waals surface area contributed by atoms with Crippen molar-refractivity contribution in [1.29, 1.82) is 0 Å². The maximum absolute atomic E-state index is 13.1. The molecule has 0 saturated carbocycles. The number of carbonyl (C=O) groups excluding carboxylic acids is 1. The number of anilines is 2. The maximum atomic E-state index is 13.1. The molecule has 1 heterocycles. The van der Waals surface area contributed by atoms with Crippen LogP contribution >= 0.6 is 0 Å². The van der Waals surface area contributed by atoms with Crippen molar-refractivity contribution in [3.63, 3.8) is 0 Å². The number of carbonyl (C=O) groups is 1. The minimum Gasteiger partial charge on any atom is -0.305 e. The molecule has 3 aromatic carbocycles. The van der Waals surface area contributed by atoms with E-state index >= 15 is 0 Å². The molecule has 0 bridgehead atoms. The Bertz CT molecular complexity index is 1150. The molecule has 0 aliphatic carbocycles. The zero-order valence-corrected chi connectivity index (χ0v) is 17.1. The third-order valence-corrected chi connectivity index (χ3v) is 6.54. The van der Waals surface area contributed by atoms with Crippen LogP contribution in [0.2, 0.25) is 0 Å². The van der Waals surface area contributed by atoms with Crippen molar-refractivity contribution in [3.8, 4) is 0 Å². The summed E-state index contributed by atoms with van der Waals surface area (Å²) in [6, 6.07) is 21.1. The van der Waals surface area contributed by atoms with E-state index < -0.39 is 10.0 Å². The van der Waals surface area contributed by atoms with Gasteiger partial charge >= 0.3 is 0 Å². The van der Waals surface area contributed by atoms with Crippen molar-refractivity contribution >= 4 is 27.3 Å². The average Bonchev–Trinajstić information content (AvgIpc) is 3.05. The summed E-state index contributed by atoms with van der Waals surface area (Å²) in [4.78, 5) is 15.0. The van der Waals surface area contributed by atoms with Gasteiger partial charge in [0.25, 0.3) is 15.9 Å². The molecule has 1 N–H and O–H groups in total. The van der Waals surface area contributed by atoms with Crippen LogP contribution in [0.25, 0.3) is 0 Å². The fraction of sp³-hybridized carbons (Fsp3) is 0.174. The first kappa shape index (κ1) is 19.2. The molecule has 1 aliphatic rings. The van der Waals surface area contributed by atoms with Gasteiger partial charge in [-0.15, -0.1) is 0 Å². The second-order valence-corrected chi connectivity index (χ2v) is 9.04. The molecular formula is C23H22N2O3S. The van der Waals surface area contributed by atoms with Crippen molar-refractivity contribution in [1.82, 2.24) is 0 Å². The normalized spacial score (nSPS) is 15.8. The van der Waals surface area contributed by atoms with Crippen LogP contribution < -0.4 is 9.62 Å². The average molecular weight is 407 g/mol. The van der Waals surface area contributed by atoms with Gasteiger partial charge in [0, 0.05) is 23.0 Å². The van der Waals surface area contributed by atoms with Crippen molar-refractivity contribution in [2.24, 2.45) is 0 Å². The number of aryl methyl sites for hydroxylation is 1. The maximum Gasteiger partial charge on any atom is 0.261 e. The van der Waals surface area contributed by atoms with Crippen molar-refractivity contribution in [3.05, 3.63) is 89.5 Å². The van der Waals surface area contributed by atoms with E-state index in [0.29, 0.717) is 11.3 Å². The highest BCUT2D eigenvalue weighted by Crippen LogP contribution is 2.33. The summed E-state index contributed by atoms with van der Waals surface area (Å²) in [5.41, 5.74) is 4.08. The Hall–Kier alpha value is -3.12. The molecule has 1 atom stereocenters. The Kier molecular flexibility index (Phi) is 4.88.